The lowest BCUT2D eigenvalue weighted by Gasteiger charge is -2.32. The van der Waals surface area contributed by atoms with Gasteiger partial charge in [0, 0.05) is 19.2 Å². The highest BCUT2D eigenvalue weighted by Gasteiger charge is 2.26. The Morgan fingerprint density at radius 2 is 2.20 bits per heavy atom. The quantitative estimate of drug-likeness (QED) is 0.617. The van der Waals surface area contributed by atoms with Crippen molar-refractivity contribution in [2.75, 3.05) is 13.1 Å². The molecule has 1 aliphatic rings. The van der Waals surface area contributed by atoms with Gasteiger partial charge in [-0.15, -0.1) is 0 Å². The van der Waals surface area contributed by atoms with Gasteiger partial charge in [0.25, 0.3) is 11.6 Å². The lowest BCUT2D eigenvalue weighted by molar-refractivity contribution is -0.384. The van der Waals surface area contributed by atoms with Crippen molar-refractivity contribution in [3.63, 3.8) is 0 Å². The lowest BCUT2D eigenvalue weighted by atomic mass is 9.85. The van der Waals surface area contributed by atoms with Crippen LogP contribution in [0, 0.1) is 16.0 Å². The van der Waals surface area contributed by atoms with Gasteiger partial charge in [0.1, 0.15) is 5.02 Å². The molecule has 2 rings (SSSR count). The zero-order valence-electron chi connectivity index (χ0n) is 11.3. The first-order valence-electron chi connectivity index (χ1n) is 6.76. The summed E-state index contributed by atoms with van der Waals surface area (Å²) in [7, 11) is 0. The van der Waals surface area contributed by atoms with Gasteiger partial charge >= 0.3 is 0 Å². The molecule has 0 N–H and O–H groups in total. The Labute approximate surface area is 122 Å². The number of amides is 1. The number of nitrogens with zero attached hydrogens (tertiary/aromatic N) is 2. The number of nitro groups is 1. The molecule has 0 bridgehead atoms. The molecule has 1 saturated carbocycles. The number of benzene rings is 1. The minimum Gasteiger partial charge on any atom is -0.339 e. The Morgan fingerprint density at radius 3 is 2.70 bits per heavy atom. The molecule has 5 nitrogen and oxygen atoms in total. The van der Waals surface area contributed by atoms with Gasteiger partial charge in [0.05, 0.1) is 10.5 Å². The van der Waals surface area contributed by atoms with E-state index in [0.29, 0.717) is 19.0 Å². The number of halogens is 1. The minimum atomic E-state index is -0.568. The van der Waals surface area contributed by atoms with Gasteiger partial charge in [-0.1, -0.05) is 24.1 Å². The zero-order chi connectivity index (χ0) is 14.7. The normalized spacial score (nSPS) is 14.7. The van der Waals surface area contributed by atoms with Crippen LogP contribution in [0.3, 0.4) is 0 Å². The smallest absolute Gasteiger partial charge is 0.288 e. The average Bonchev–Trinajstić information content (AvgIpc) is 2.37. The number of rotatable bonds is 5. The second kappa shape index (κ2) is 6.22. The Balaban J connectivity index is 2.22. The van der Waals surface area contributed by atoms with E-state index < -0.39 is 4.92 Å². The molecule has 0 aromatic heterocycles. The molecule has 1 amide bonds. The van der Waals surface area contributed by atoms with E-state index in [1.165, 1.54) is 18.6 Å². The van der Waals surface area contributed by atoms with E-state index in [2.05, 4.69) is 0 Å². The fraction of sp³-hybridized carbons (Fsp3) is 0.500. The Kier molecular flexibility index (Phi) is 4.60. The Morgan fingerprint density at radius 1 is 1.50 bits per heavy atom. The van der Waals surface area contributed by atoms with E-state index in [-0.39, 0.29) is 22.2 Å². The van der Waals surface area contributed by atoms with Gasteiger partial charge in [0.15, 0.2) is 0 Å². The summed E-state index contributed by atoms with van der Waals surface area (Å²) in [5.41, 5.74) is -0.0146. The van der Waals surface area contributed by atoms with Crippen molar-refractivity contribution in [1.82, 2.24) is 4.90 Å². The molecule has 108 valence electrons. The summed E-state index contributed by atoms with van der Waals surface area (Å²) in [4.78, 5) is 24.5. The summed E-state index contributed by atoms with van der Waals surface area (Å²) in [6.45, 7) is 3.19. The monoisotopic (exact) mass is 296 g/mol. The van der Waals surface area contributed by atoms with Crippen molar-refractivity contribution in [3.05, 3.63) is 38.9 Å². The number of nitro benzene ring substituents is 1. The molecule has 1 aromatic rings. The topological polar surface area (TPSA) is 63.5 Å². The second-order valence-corrected chi connectivity index (χ2v) is 5.41. The third kappa shape index (κ3) is 2.93. The molecule has 0 spiro atoms. The van der Waals surface area contributed by atoms with E-state index in [4.69, 9.17) is 11.6 Å². The van der Waals surface area contributed by atoms with Crippen LogP contribution in [0.5, 0.6) is 0 Å². The highest BCUT2D eigenvalue weighted by atomic mass is 35.5. The highest BCUT2D eigenvalue weighted by molar-refractivity contribution is 6.35. The molecule has 1 aromatic carbocycles. The summed E-state index contributed by atoms with van der Waals surface area (Å²) in [6.07, 6.45) is 3.51. The van der Waals surface area contributed by atoms with Crippen molar-refractivity contribution in [2.24, 2.45) is 5.92 Å². The van der Waals surface area contributed by atoms with Crippen LogP contribution in [0.15, 0.2) is 18.2 Å². The molecule has 20 heavy (non-hydrogen) atoms. The molecule has 0 atom stereocenters. The number of carbonyl (C=O) groups is 1. The summed E-state index contributed by atoms with van der Waals surface area (Å²) in [6, 6.07) is 4.34. The molecule has 0 aliphatic heterocycles. The van der Waals surface area contributed by atoms with Gasteiger partial charge < -0.3 is 4.90 Å². The van der Waals surface area contributed by atoms with Crippen LogP contribution in [0.1, 0.15) is 36.5 Å². The van der Waals surface area contributed by atoms with Crippen LogP contribution in [-0.4, -0.2) is 28.8 Å². The van der Waals surface area contributed by atoms with Crippen molar-refractivity contribution < 1.29 is 9.72 Å². The lowest BCUT2D eigenvalue weighted by Crippen LogP contribution is -2.37. The van der Waals surface area contributed by atoms with E-state index in [9.17, 15) is 14.9 Å². The fourth-order valence-corrected chi connectivity index (χ4v) is 2.61. The van der Waals surface area contributed by atoms with Crippen molar-refractivity contribution >= 4 is 23.2 Å². The number of carbonyl (C=O) groups excluding carboxylic acids is 1. The minimum absolute atomic E-state index is 0.0745. The fourth-order valence-electron chi connectivity index (χ4n) is 2.34. The van der Waals surface area contributed by atoms with E-state index in [1.54, 1.807) is 11.0 Å². The van der Waals surface area contributed by atoms with Crippen molar-refractivity contribution in [3.8, 4) is 0 Å². The van der Waals surface area contributed by atoms with E-state index in [1.807, 2.05) is 6.92 Å². The van der Waals surface area contributed by atoms with E-state index >= 15 is 0 Å². The van der Waals surface area contributed by atoms with Crippen LogP contribution < -0.4 is 0 Å². The molecule has 1 aliphatic carbocycles. The van der Waals surface area contributed by atoms with Crippen LogP contribution in [0.25, 0.3) is 0 Å². The molecular weight excluding hydrogens is 280 g/mol. The molecule has 0 radical (unpaired) electrons. The van der Waals surface area contributed by atoms with Crippen LogP contribution in [0.4, 0.5) is 5.69 Å². The van der Waals surface area contributed by atoms with E-state index in [0.717, 1.165) is 12.8 Å². The first-order valence-corrected chi connectivity index (χ1v) is 7.14. The van der Waals surface area contributed by atoms with Crippen LogP contribution in [-0.2, 0) is 0 Å². The Hall–Kier alpha value is -1.62. The molecule has 6 heteroatoms. The summed E-state index contributed by atoms with van der Waals surface area (Å²) >= 11 is 5.99. The third-order valence-electron chi connectivity index (χ3n) is 3.78. The third-order valence-corrected chi connectivity index (χ3v) is 4.17. The standard InChI is InChI=1S/C14H17ClN2O3/c1-2-16(9-10-5-3-6-10)14(18)11-7-4-8-12(13(11)15)17(19)20/h4,7-8,10H,2-3,5-6,9H2,1H3. The molecular formula is C14H17ClN2O3. The second-order valence-electron chi connectivity index (χ2n) is 5.04. The highest BCUT2D eigenvalue weighted by Crippen LogP contribution is 2.30. The molecule has 0 unspecified atom stereocenters. The van der Waals surface area contributed by atoms with Crippen LogP contribution in [0.2, 0.25) is 5.02 Å². The van der Waals surface area contributed by atoms with Gasteiger partial charge in [-0.2, -0.15) is 0 Å². The van der Waals surface area contributed by atoms with Gasteiger partial charge in [-0.05, 0) is 31.7 Å². The zero-order valence-corrected chi connectivity index (χ0v) is 12.1. The predicted octanol–water partition coefficient (Wildman–Crippen LogP) is 3.51. The largest absolute Gasteiger partial charge is 0.339 e. The van der Waals surface area contributed by atoms with Gasteiger partial charge in [0.2, 0.25) is 0 Å². The summed E-state index contributed by atoms with van der Waals surface area (Å²) < 4.78 is 0. The first-order chi connectivity index (χ1) is 9.54. The van der Waals surface area contributed by atoms with Crippen molar-refractivity contribution in [2.45, 2.75) is 26.2 Å². The van der Waals surface area contributed by atoms with Gasteiger partial charge in [-0.3, -0.25) is 14.9 Å². The Bertz CT molecular complexity index is 529. The maximum Gasteiger partial charge on any atom is 0.288 e. The molecule has 1 fully saturated rings. The van der Waals surface area contributed by atoms with Gasteiger partial charge in [-0.25, -0.2) is 0 Å². The SMILES string of the molecule is CCN(CC1CCC1)C(=O)c1cccc([N+](=O)[O-])c1Cl. The first kappa shape index (κ1) is 14.8. The van der Waals surface area contributed by atoms with Crippen molar-refractivity contribution in [1.29, 1.82) is 0 Å². The van der Waals surface area contributed by atoms with Crippen LogP contribution >= 0.6 is 11.6 Å². The number of hydrogen-bond acceptors (Lipinski definition) is 3. The maximum absolute atomic E-state index is 12.5. The summed E-state index contributed by atoms with van der Waals surface area (Å²) in [5.74, 6) is 0.324. The molecule has 0 heterocycles. The summed E-state index contributed by atoms with van der Waals surface area (Å²) in [5, 5.41) is 10.8. The predicted molar refractivity (Wildman–Crippen MR) is 77.0 cm³/mol. The average molecular weight is 297 g/mol. The number of hydrogen-bond donors (Lipinski definition) is 0. The maximum atomic E-state index is 12.5. The molecule has 0 saturated heterocycles.